The number of ether oxygens (including phenoxy) is 1. The second-order valence-electron chi connectivity index (χ2n) is 6.13. The summed E-state index contributed by atoms with van der Waals surface area (Å²) in [5.41, 5.74) is 3.46. The molecule has 2 aromatic heterocycles. The number of hydrogen-bond acceptors (Lipinski definition) is 5. The number of rotatable bonds is 5. The number of carbonyl (C=O) groups excluding carboxylic acids is 1. The van der Waals surface area contributed by atoms with Crippen LogP contribution in [0.2, 0.25) is 0 Å². The van der Waals surface area contributed by atoms with Crippen LogP contribution < -0.4 is 10.1 Å². The van der Waals surface area contributed by atoms with Crippen LogP contribution in [-0.2, 0) is 4.79 Å². The summed E-state index contributed by atoms with van der Waals surface area (Å²) in [6.07, 6.45) is 4.84. The lowest BCUT2D eigenvalue weighted by Crippen LogP contribution is -2.07. The topological polar surface area (TPSA) is 77.2 Å². The summed E-state index contributed by atoms with van der Waals surface area (Å²) < 4.78 is 11.9. The van der Waals surface area contributed by atoms with Crippen molar-refractivity contribution in [3.63, 3.8) is 0 Å². The molecule has 0 fully saturated rings. The van der Waals surface area contributed by atoms with Gasteiger partial charge in [0.2, 0.25) is 11.8 Å². The van der Waals surface area contributed by atoms with Gasteiger partial charge in [0.25, 0.3) is 0 Å². The quantitative estimate of drug-likeness (QED) is 0.417. The van der Waals surface area contributed by atoms with Crippen LogP contribution in [0.5, 0.6) is 5.75 Å². The Hall–Kier alpha value is -3.45. The molecule has 0 aliphatic carbocycles. The monoisotopic (exact) mass is 449 g/mol. The fourth-order valence-electron chi connectivity index (χ4n) is 2.77. The lowest BCUT2D eigenvalue weighted by molar-refractivity contribution is -0.111. The van der Waals surface area contributed by atoms with Crippen LogP contribution >= 0.6 is 15.9 Å². The molecule has 0 saturated heterocycles. The van der Waals surface area contributed by atoms with Crippen molar-refractivity contribution < 1.29 is 13.9 Å². The first-order chi connectivity index (χ1) is 14.1. The average Bonchev–Trinajstić information content (AvgIpc) is 3.17. The summed E-state index contributed by atoms with van der Waals surface area (Å²) in [5, 5.41) is 2.83. The van der Waals surface area contributed by atoms with Crippen molar-refractivity contribution in [3.8, 4) is 17.2 Å². The van der Waals surface area contributed by atoms with Gasteiger partial charge in [0.05, 0.1) is 7.11 Å². The molecule has 0 atom stereocenters. The second kappa shape index (κ2) is 8.28. The van der Waals surface area contributed by atoms with Gasteiger partial charge in [0.15, 0.2) is 11.2 Å². The highest BCUT2D eigenvalue weighted by molar-refractivity contribution is 9.10. The lowest BCUT2D eigenvalue weighted by atomic mass is 10.2. The first kappa shape index (κ1) is 18.9. The molecule has 29 heavy (non-hydrogen) atoms. The number of amides is 1. The molecule has 7 heteroatoms. The lowest BCUT2D eigenvalue weighted by Gasteiger charge is -2.05. The van der Waals surface area contributed by atoms with E-state index < -0.39 is 0 Å². The van der Waals surface area contributed by atoms with Crippen LogP contribution in [0.1, 0.15) is 5.56 Å². The Morgan fingerprint density at radius 1 is 1.17 bits per heavy atom. The number of nitrogens with zero attached hydrogens (tertiary/aromatic N) is 2. The summed E-state index contributed by atoms with van der Waals surface area (Å²) in [5.74, 6) is 0.929. The third-order valence-corrected chi connectivity index (χ3v) is 4.66. The molecule has 0 spiro atoms. The van der Waals surface area contributed by atoms with Crippen LogP contribution in [-0.4, -0.2) is 23.0 Å². The predicted octanol–water partition coefficient (Wildman–Crippen LogP) is 5.31. The van der Waals surface area contributed by atoms with Gasteiger partial charge in [-0.2, -0.15) is 4.98 Å². The molecule has 4 rings (SSSR count). The van der Waals surface area contributed by atoms with Crippen molar-refractivity contribution in [1.29, 1.82) is 0 Å². The van der Waals surface area contributed by atoms with Crippen molar-refractivity contribution in [3.05, 3.63) is 76.9 Å². The Kier molecular flexibility index (Phi) is 5.39. The highest BCUT2D eigenvalue weighted by Gasteiger charge is 2.09. The molecule has 0 unspecified atom stereocenters. The maximum Gasteiger partial charge on any atom is 0.248 e. The number of fused-ring (bicyclic) bond motifs is 1. The van der Waals surface area contributed by atoms with E-state index in [9.17, 15) is 4.79 Å². The standard InChI is InChI=1S/C22H16BrN3O3/c1-28-18-10-7-16(23)13-15(18)6-11-20(27)25-17-8-4-14(5-9-17)22-26-21-19(29-22)3-2-12-24-21/h2-13H,1H3,(H,25,27). The van der Waals surface area contributed by atoms with Crippen molar-refractivity contribution in [2.75, 3.05) is 12.4 Å². The van der Waals surface area contributed by atoms with Gasteiger partial charge in [-0.05, 0) is 60.7 Å². The summed E-state index contributed by atoms with van der Waals surface area (Å²) in [7, 11) is 1.59. The molecular weight excluding hydrogens is 434 g/mol. The number of aromatic nitrogens is 2. The molecule has 6 nitrogen and oxygen atoms in total. The summed E-state index contributed by atoms with van der Waals surface area (Å²) >= 11 is 3.42. The zero-order valence-corrected chi connectivity index (χ0v) is 17.0. The Balaban J connectivity index is 1.46. The Labute approximate surface area is 175 Å². The Morgan fingerprint density at radius 3 is 2.76 bits per heavy atom. The third kappa shape index (κ3) is 4.35. The maximum atomic E-state index is 12.3. The van der Waals surface area contributed by atoms with Crippen molar-refractivity contribution in [2.45, 2.75) is 0 Å². The fraction of sp³-hybridized carbons (Fsp3) is 0.0455. The van der Waals surface area contributed by atoms with Crippen molar-refractivity contribution in [1.82, 2.24) is 9.97 Å². The largest absolute Gasteiger partial charge is 0.496 e. The van der Waals surface area contributed by atoms with E-state index in [0.29, 0.717) is 28.6 Å². The summed E-state index contributed by atoms with van der Waals surface area (Å²) in [6, 6.07) is 16.5. The van der Waals surface area contributed by atoms with E-state index in [-0.39, 0.29) is 5.91 Å². The van der Waals surface area contributed by atoms with Crippen molar-refractivity contribution >= 4 is 44.8 Å². The fourth-order valence-corrected chi connectivity index (χ4v) is 3.15. The van der Waals surface area contributed by atoms with Gasteiger partial charge in [0, 0.05) is 33.6 Å². The second-order valence-corrected chi connectivity index (χ2v) is 7.05. The van der Waals surface area contributed by atoms with Gasteiger partial charge in [0.1, 0.15) is 5.75 Å². The molecule has 0 aliphatic heterocycles. The molecule has 0 radical (unpaired) electrons. The minimum Gasteiger partial charge on any atom is -0.496 e. The maximum absolute atomic E-state index is 12.3. The highest BCUT2D eigenvalue weighted by Crippen LogP contribution is 2.25. The average molecular weight is 450 g/mol. The van der Waals surface area contributed by atoms with E-state index in [4.69, 9.17) is 9.15 Å². The molecule has 0 bridgehead atoms. The van der Waals surface area contributed by atoms with Crippen LogP contribution in [0, 0.1) is 0 Å². The first-order valence-electron chi connectivity index (χ1n) is 8.77. The van der Waals surface area contributed by atoms with E-state index in [2.05, 4.69) is 31.2 Å². The van der Waals surface area contributed by atoms with Gasteiger partial charge in [-0.1, -0.05) is 15.9 Å². The van der Waals surface area contributed by atoms with Gasteiger partial charge in [-0.3, -0.25) is 4.79 Å². The molecule has 0 saturated carbocycles. The zero-order chi connectivity index (χ0) is 20.2. The summed E-state index contributed by atoms with van der Waals surface area (Å²) in [6.45, 7) is 0. The minimum absolute atomic E-state index is 0.245. The van der Waals surface area contributed by atoms with Crippen LogP contribution in [0.3, 0.4) is 0 Å². The van der Waals surface area contributed by atoms with Crippen LogP contribution in [0.4, 0.5) is 5.69 Å². The SMILES string of the molecule is COc1ccc(Br)cc1C=CC(=O)Nc1ccc(-c2nc3ncccc3o2)cc1. The molecular formula is C22H16BrN3O3. The van der Waals surface area contributed by atoms with Crippen LogP contribution in [0.25, 0.3) is 28.8 Å². The Bertz CT molecular complexity index is 1170. The number of hydrogen-bond donors (Lipinski definition) is 1. The molecule has 1 amide bonds. The molecule has 1 N–H and O–H groups in total. The van der Waals surface area contributed by atoms with Gasteiger partial charge in [-0.15, -0.1) is 0 Å². The predicted molar refractivity (Wildman–Crippen MR) is 116 cm³/mol. The molecule has 144 valence electrons. The van der Waals surface area contributed by atoms with E-state index in [0.717, 1.165) is 15.6 Å². The number of carbonyl (C=O) groups is 1. The minimum atomic E-state index is -0.245. The number of methoxy groups -OCH3 is 1. The molecule has 2 heterocycles. The van der Waals surface area contributed by atoms with Gasteiger partial charge >= 0.3 is 0 Å². The smallest absolute Gasteiger partial charge is 0.248 e. The molecule has 4 aromatic rings. The normalized spacial score (nSPS) is 11.1. The van der Waals surface area contributed by atoms with Crippen molar-refractivity contribution in [2.24, 2.45) is 0 Å². The first-order valence-corrected chi connectivity index (χ1v) is 9.56. The number of halogens is 1. The zero-order valence-electron chi connectivity index (χ0n) is 15.4. The van der Waals surface area contributed by atoms with E-state index in [1.807, 2.05) is 36.4 Å². The number of benzene rings is 2. The summed E-state index contributed by atoms with van der Waals surface area (Å²) in [4.78, 5) is 20.8. The number of anilines is 1. The molecule has 0 aliphatic rings. The van der Waals surface area contributed by atoms with E-state index in [1.165, 1.54) is 6.08 Å². The Morgan fingerprint density at radius 2 is 2.00 bits per heavy atom. The third-order valence-electron chi connectivity index (χ3n) is 4.17. The van der Waals surface area contributed by atoms with Gasteiger partial charge < -0.3 is 14.5 Å². The van der Waals surface area contributed by atoms with E-state index >= 15 is 0 Å². The van der Waals surface area contributed by atoms with E-state index in [1.54, 1.807) is 37.6 Å². The number of oxazole rings is 1. The number of pyridine rings is 1. The molecule has 2 aromatic carbocycles. The highest BCUT2D eigenvalue weighted by atomic mass is 79.9. The van der Waals surface area contributed by atoms with Crippen LogP contribution in [0.15, 0.2) is 75.8 Å². The number of nitrogens with one attached hydrogen (secondary N) is 1. The van der Waals surface area contributed by atoms with Gasteiger partial charge in [-0.25, -0.2) is 4.98 Å².